The highest BCUT2D eigenvalue weighted by molar-refractivity contribution is 7.09. The van der Waals surface area contributed by atoms with Gasteiger partial charge in [0.2, 0.25) is 5.91 Å². The van der Waals surface area contributed by atoms with Crippen molar-refractivity contribution in [1.29, 1.82) is 0 Å². The summed E-state index contributed by atoms with van der Waals surface area (Å²) in [6.07, 6.45) is 2.66. The van der Waals surface area contributed by atoms with Crippen LogP contribution in [-0.2, 0) is 11.8 Å². The molecule has 3 aromatic rings. The molecular formula is C20H21N5O2S. The number of nitrogens with zero attached hydrogens (tertiary/aromatic N) is 3. The summed E-state index contributed by atoms with van der Waals surface area (Å²) in [5.74, 6) is -0.181. The van der Waals surface area contributed by atoms with E-state index in [1.165, 1.54) is 0 Å². The molecule has 0 saturated carbocycles. The van der Waals surface area contributed by atoms with Crippen LogP contribution in [0.3, 0.4) is 0 Å². The summed E-state index contributed by atoms with van der Waals surface area (Å²) in [6.45, 7) is 1.96. The second-order valence-corrected chi connectivity index (χ2v) is 7.94. The largest absolute Gasteiger partial charge is 0.347 e. The van der Waals surface area contributed by atoms with Gasteiger partial charge in [-0.15, -0.1) is 11.3 Å². The number of piperidine rings is 1. The SMILES string of the molecule is Cc1nc(-c2cccc(C(=O)N[C@@H]3CCC(=O)N[C@H]3c3ccnn3C)c2)cs1. The monoisotopic (exact) mass is 395 g/mol. The minimum absolute atomic E-state index is 0.0161. The van der Waals surface area contributed by atoms with Gasteiger partial charge in [0.05, 0.1) is 28.5 Å². The average Bonchev–Trinajstić information content (AvgIpc) is 3.31. The number of rotatable bonds is 4. The van der Waals surface area contributed by atoms with E-state index in [0.29, 0.717) is 18.4 Å². The molecule has 2 aromatic heterocycles. The molecule has 1 fully saturated rings. The second-order valence-electron chi connectivity index (χ2n) is 6.88. The Hall–Kier alpha value is -3.00. The van der Waals surface area contributed by atoms with Gasteiger partial charge < -0.3 is 10.6 Å². The van der Waals surface area contributed by atoms with Gasteiger partial charge in [-0.2, -0.15) is 5.10 Å². The van der Waals surface area contributed by atoms with Crippen LogP contribution < -0.4 is 10.6 Å². The van der Waals surface area contributed by atoms with E-state index in [0.717, 1.165) is 22.0 Å². The number of benzene rings is 1. The van der Waals surface area contributed by atoms with Crippen LogP contribution in [0.4, 0.5) is 0 Å². The zero-order valence-electron chi connectivity index (χ0n) is 15.7. The fourth-order valence-corrected chi connectivity index (χ4v) is 4.11. The van der Waals surface area contributed by atoms with E-state index in [1.54, 1.807) is 28.3 Å². The highest BCUT2D eigenvalue weighted by Crippen LogP contribution is 2.25. The Bertz CT molecular complexity index is 1030. The average molecular weight is 395 g/mol. The molecule has 144 valence electrons. The van der Waals surface area contributed by atoms with Gasteiger partial charge >= 0.3 is 0 Å². The number of aryl methyl sites for hydroxylation is 2. The second kappa shape index (κ2) is 7.55. The van der Waals surface area contributed by atoms with Gasteiger partial charge in [0.25, 0.3) is 5.91 Å². The van der Waals surface area contributed by atoms with Crippen LogP contribution in [0.1, 0.15) is 39.9 Å². The number of carbonyl (C=O) groups excluding carboxylic acids is 2. The topological polar surface area (TPSA) is 88.9 Å². The van der Waals surface area contributed by atoms with Gasteiger partial charge in [0, 0.05) is 36.2 Å². The third kappa shape index (κ3) is 3.68. The molecule has 7 nitrogen and oxygen atoms in total. The number of amides is 2. The lowest BCUT2D eigenvalue weighted by molar-refractivity contribution is -0.123. The Morgan fingerprint density at radius 1 is 1.36 bits per heavy atom. The summed E-state index contributed by atoms with van der Waals surface area (Å²) < 4.78 is 1.72. The van der Waals surface area contributed by atoms with E-state index in [9.17, 15) is 9.59 Å². The van der Waals surface area contributed by atoms with Crippen molar-refractivity contribution in [1.82, 2.24) is 25.4 Å². The predicted octanol–water partition coefficient (Wildman–Crippen LogP) is 2.60. The molecule has 2 amide bonds. The van der Waals surface area contributed by atoms with E-state index >= 15 is 0 Å². The first-order valence-electron chi connectivity index (χ1n) is 9.12. The zero-order valence-corrected chi connectivity index (χ0v) is 16.5. The van der Waals surface area contributed by atoms with Gasteiger partial charge in [-0.25, -0.2) is 4.98 Å². The molecule has 3 heterocycles. The Morgan fingerprint density at radius 2 is 2.21 bits per heavy atom. The van der Waals surface area contributed by atoms with Crippen LogP contribution in [0, 0.1) is 6.92 Å². The Kier molecular flexibility index (Phi) is 4.95. The molecule has 0 aliphatic carbocycles. The standard InChI is InChI=1S/C20H21N5O2S/c1-12-22-16(11-28-12)13-4-3-5-14(10-13)20(27)23-15-6-7-18(26)24-19(15)17-8-9-21-25(17)2/h3-5,8-11,15,19H,6-7H2,1-2H3,(H,23,27)(H,24,26)/t15-,19-/m1/s1. The molecule has 4 rings (SSSR count). The van der Waals surface area contributed by atoms with E-state index < -0.39 is 0 Å². The summed E-state index contributed by atoms with van der Waals surface area (Å²) >= 11 is 1.58. The van der Waals surface area contributed by atoms with Gasteiger partial charge in [0.15, 0.2) is 0 Å². The summed E-state index contributed by atoms with van der Waals surface area (Å²) in [4.78, 5) is 29.3. The van der Waals surface area contributed by atoms with Gasteiger partial charge in [-0.3, -0.25) is 14.3 Å². The van der Waals surface area contributed by atoms with Crippen LogP contribution in [0.25, 0.3) is 11.3 Å². The van der Waals surface area contributed by atoms with Crippen molar-refractivity contribution >= 4 is 23.2 Å². The minimum atomic E-state index is -0.304. The zero-order chi connectivity index (χ0) is 19.7. The number of carbonyl (C=O) groups is 2. The van der Waals surface area contributed by atoms with Gasteiger partial charge in [0.1, 0.15) is 0 Å². The Morgan fingerprint density at radius 3 is 2.93 bits per heavy atom. The van der Waals surface area contributed by atoms with Gasteiger partial charge in [-0.05, 0) is 31.5 Å². The van der Waals surface area contributed by atoms with Crippen LogP contribution in [-0.4, -0.2) is 32.6 Å². The fraction of sp³-hybridized carbons (Fsp3) is 0.300. The van der Waals surface area contributed by atoms with E-state index in [2.05, 4.69) is 20.7 Å². The van der Waals surface area contributed by atoms with Crippen molar-refractivity contribution in [2.75, 3.05) is 0 Å². The van der Waals surface area contributed by atoms with Gasteiger partial charge in [-0.1, -0.05) is 12.1 Å². The van der Waals surface area contributed by atoms with Crippen molar-refractivity contribution in [3.8, 4) is 11.3 Å². The van der Waals surface area contributed by atoms with Crippen molar-refractivity contribution < 1.29 is 9.59 Å². The van der Waals surface area contributed by atoms with Crippen molar-refractivity contribution in [2.45, 2.75) is 31.8 Å². The van der Waals surface area contributed by atoms with E-state index in [4.69, 9.17) is 0 Å². The molecule has 1 saturated heterocycles. The fourth-order valence-electron chi connectivity index (χ4n) is 3.49. The number of nitrogens with one attached hydrogen (secondary N) is 2. The smallest absolute Gasteiger partial charge is 0.251 e. The molecule has 2 atom stereocenters. The Labute approximate surface area is 166 Å². The van der Waals surface area contributed by atoms with E-state index in [-0.39, 0.29) is 23.9 Å². The third-order valence-electron chi connectivity index (χ3n) is 4.93. The maximum absolute atomic E-state index is 12.9. The predicted molar refractivity (Wildman–Crippen MR) is 107 cm³/mol. The molecule has 0 spiro atoms. The summed E-state index contributed by atoms with van der Waals surface area (Å²) in [5.41, 5.74) is 3.22. The first-order valence-corrected chi connectivity index (χ1v) is 10.00. The molecule has 0 unspecified atom stereocenters. The van der Waals surface area contributed by atoms with E-state index in [1.807, 2.05) is 43.6 Å². The molecule has 1 aliphatic rings. The van der Waals surface area contributed by atoms with Crippen molar-refractivity contribution in [2.24, 2.45) is 7.05 Å². The highest BCUT2D eigenvalue weighted by Gasteiger charge is 2.32. The van der Waals surface area contributed by atoms with Crippen LogP contribution >= 0.6 is 11.3 Å². The number of aromatic nitrogens is 3. The lowest BCUT2D eigenvalue weighted by Crippen LogP contribution is -2.50. The first kappa shape index (κ1) is 18.4. The molecule has 0 bridgehead atoms. The quantitative estimate of drug-likeness (QED) is 0.711. The molecule has 1 aromatic carbocycles. The maximum Gasteiger partial charge on any atom is 0.251 e. The van der Waals surface area contributed by atoms with Crippen molar-refractivity contribution in [3.63, 3.8) is 0 Å². The molecule has 28 heavy (non-hydrogen) atoms. The number of hydrogen-bond donors (Lipinski definition) is 2. The molecule has 2 N–H and O–H groups in total. The summed E-state index contributed by atoms with van der Waals surface area (Å²) in [7, 11) is 1.83. The number of hydrogen-bond acceptors (Lipinski definition) is 5. The number of thiazole rings is 1. The normalized spacial score (nSPS) is 19.3. The molecule has 1 aliphatic heterocycles. The van der Waals surface area contributed by atoms with Crippen LogP contribution in [0.2, 0.25) is 0 Å². The lowest BCUT2D eigenvalue weighted by Gasteiger charge is -2.32. The first-order chi connectivity index (χ1) is 13.5. The third-order valence-corrected chi connectivity index (χ3v) is 5.71. The summed E-state index contributed by atoms with van der Waals surface area (Å²) in [5, 5.41) is 13.2. The molecule has 0 radical (unpaired) electrons. The van der Waals surface area contributed by atoms with Crippen molar-refractivity contribution in [3.05, 3.63) is 58.2 Å². The Balaban J connectivity index is 1.55. The van der Waals surface area contributed by atoms with Crippen LogP contribution in [0.5, 0.6) is 0 Å². The highest BCUT2D eigenvalue weighted by atomic mass is 32.1. The lowest BCUT2D eigenvalue weighted by atomic mass is 9.94. The minimum Gasteiger partial charge on any atom is -0.347 e. The summed E-state index contributed by atoms with van der Waals surface area (Å²) in [6, 6.07) is 8.81. The maximum atomic E-state index is 12.9. The molecule has 8 heteroatoms. The molecular weight excluding hydrogens is 374 g/mol. The van der Waals surface area contributed by atoms with Crippen LogP contribution in [0.15, 0.2) is 41.9 Å².